The Bertz CT molecular complexity index is 399. The Hall–Kier alpha value is -0.200. The van der Waals surface area contributed by atoms with Gasteiger partial charge in [0.15, 0.2) is 5.82 Å². The molecular formula is C13H23N3OS2. The van der Waals surface area contributed by atoms with Gasteiger partial charge >= 0.3 is 0 Å². The summed E-state index contributed by atoms with van der Waals surface area (Å²) in [5.41, 5.74) is 0. The summed E-state index contributed by atoms with van der Waals surface area (Å²) in [5.74, 6) is 2.64. The van der Waals surface area contributed by atoms with Gasteiger partial charge in [0.25, 0.3) is 0 Å². The fraction of sp³-hybridized carbons (Fsp3) is 0.846. The first-order valence-electron chi connectivity index (χ1n) is 6.95. The van der Waals surface area contributed by atoms with E-state index in [9.17, 15) is 0 Å². The summed E-state index contributed by atoms with van der Waals surface area (Å²) in [7, 11) is 0. The SMILES string of the molecule is CCCNC(C)c1nc(C2CSC(C)C(C)S2)no1. The van der Waals surface area contributed by atoms with Gasteiger partial charge in [-0.15, -0.1) is 11.8 Å². The van der Waals surface area contributed by atoms with E-state index in [1.807, 2.05) is 23.5 Å². The second-order valence-corrected chi connectivity index (χ2v) is 8.03. The molecule has 2 heterocycles. The smallest absolute Gasteiger partial charge is 0.243 e. The van der Waals surface area contributed by atoms with E-state index in [1.54, 1.807) is 0 Å². The summed E-state index contributed by atoms with van der Waals surface area (Å²) in [4.78, 5) is 4.57. The van der Waals surface area contributed by atoms with Gasteiger partial charge in [0.2, 0.25) is 5.89 Å². The average Bonchev–Trinajstić information content (AvgIpc) is 2.89. The first-order valence-corrected chi connectivity index (χ1v) is 8.95. The molecule has 1 fully saturated rings. The van der Waals surface area contributed by atoms with Gasteiger partial charge in [-0.25, -0.2) is 0 Å². The minimum Gasteiger partial charge on any atom is -0.338 e. The van der Waals surface area contributed by atoms with Crippen molar-refractivity contribution in [3.63, 3.8) is 0 Å². The van der Waals surface area contributed by atoms with E-state index in [-0.39, 0.29) is 6.04 Å². The van der Waals surface area contributed by atoms with Crippen molar-refractivity contribution in [2.75, 3.05) is 12.3 Å². The first-order chi connectivity index (χ1) is 9.11. The third kappa shape index (κ3) is 3.89. The van der Waals surface area contributed by atoms with Gasteiger partial charge < -0.3 is 9.84 Å². The van der Waals surface area contributed by atoms with E-state index in [1.165, 1.54) is 0 Å². The van der Waals surface area contributed by atoms with Gasteiger partial charge in [0.05, 0.1) is 11.3 Å². The lowest BCUT2D eigenvalue weighted by Crippen LogP contribution is -2.22. The summed E-state index contributed by atoms with van der Waals surface area (Å²) in [6.07, 6.45) is 1.11. The molecule has 1 N–H and O–H groups in total. The molecule has 0 spiro atoms. The molecule has 0 amide bonds. The predicted octanol–water partition coefficient (Wildman–Crippen LogP) is 3.43. The van der Waals surface area contributed by atoms with Gasteiger partial charge in [-0.1, -0.05) is 25.9 Å². The second-order valence-electron chi connectivity index (χ2n) is 5.03. The van der Waals surface area contributed by atoms with E-state index >= 15 is 0 Å². The molecule has 6 heteroatoms. The number of thioether (sulfide) groups is 2. The molecule has 0 aliphatic carbocycles. The molecule has 1 aromatic heterocycles. The Morgan fingerprint density at radius 3 is 2.89 bits per heavy atom. The maximum atomic E-state index is 5.39. The summed E-state index contributed by atoms with van der Waals surface area (Å²) in [5, 5.41) is 9.25. The fourth-order valence-electron chi connectivity index (χ4n) is 1.92. The van der Waals surface area contributed by atoms with Crippen LogP contribution in [0.1, 0.15) is 57.1 Å². The summed E-state index contributed by atoms with van der Waals surface area (Å²) < 4.78 is 5.39. The molecule has 0 radical (unpaired) electrons. The van der Waals surface area contributed by atoms with Crippen molar-refractivity contribution in [2.24, 2.45) is 0 Å². The molecule has 0 bridgehead atoms. The maximum Gasteiger partial charge on any atom is 0.243 e. The Kier molecular flexibility index (Phi) is 5.59. The van der Waals surface area contributed by atoms with Crippen LogP contribution in [-0.4, -0.2) is 32.9 Å². The van der Waals surface area contributed by atoms with Crippen LogP contribution in [0, 0.1) is 0 Å². The largest absolute Gasteiger partial charge is 0.338 e. The van der Waals surface area contributed by atoms with E-state index < -0.39 is 0 Å². The lowest BCUT2D eigenvalue weighted by atomic mass is 10.3. The molecule has 1 saturated heterocycles. The van der Waals surface area contributed by atoms with Crippen molar-refractivity contribution in [1.82, 2.24) is 15.5 Å². The second kappa shape index (κ2) is 6.99. The molecule has 108 valence electrons. The Balaban J connectivity index is 1.97. The quantitative estimate of drug-likeness (QED) is 0.899. The van der Waals surface area contributed by atoms with Crippen molar-refractivity contribution >= 4 is 23.5 Å². The molecule has 19 heavy (non-hydrogen) atoms. The zero-order valence-corrected chi connectivity index (χ0v) is 13.7. The van der Waals surface area contributed by atoms with Crippen LogP contribution in [0.25, 0.3) is 0 Å². The van der Waals surface area contributed by atoms with E-state index in [0.29, 0.717) is 21.6 Å². The molecule has 0 aromatic carbocycles. The van der Waals surface area contributed by atoms with Gasteiger partial charge in [0, 0.05) is 16.3 Å². The normalized spacial score (nSPS) is 29.4. The third-order valence-corrected chi connectivity index (χ3v) is 6.75. The van der Waals surface area contributed by atoms with Gasteiger partial charge in [0.1, 0.15) is 0 Å². The summed E-state index contributed by atoms with van der Waals surface area (Å²) >= 11 is 3.97. The topological polar surface area (TPSA) is 51.0 Å². The molecule has 1 aliphatic heterocycles. The predicted molar refractivity (Wildman–Crippen MR) is 82.7 cm³/mol. The van der Waals surface area contributed by atoms with E-state index in [2.05, 4.69) is 43.2 Å². The van der Waals surface area contributed by atoms with Crippen LogP contribution in [0.3, 0.4) is 0 Å². The molecule has 4 nitrogen and oxygen atoms in total. The average molecular weight is 301 g/mol. The Morgan fingerprint density at radius 2 is 2.21 bits per heavy atom. The minimum absolute atomic E-state index is 0.138. The zero-order chi connectivity index (χ0) is 13.8. The van der Waals surface area contributed by atoms with Gasteiger partial charge in [-0.2, -0.15) is 16.7 Å². The molecular weight excluding hydrogens is 278 g/mol. The van der Waals surface area contributed by atoms with Gasteiger partial charge in [-0.05, 0) is 19.9 Å². The molecule has 1 aromatic rings. The molecule has 2 rings (SSSR count). The van der Waals surface area contributed by atoms with Crippen molar-refractivity contribution in [3.8, 4) is 0 Å². The number of nitrogens with one attached hydrogen (secondary N) is 1. The zero-order valence-electron chi connectivity index (χ0n) is 12.0. The third-order valence-electron chi connectivity index (χ3n) is 3.37. The summed E-state index contributed by atoms with van der Waals surface area (Å²) in [6, 6.07) is 0.138. The van der Waals surface area contributed by atoms with Crippen LogP contribution >= 0.6 is 23.5 Å². The first kappa shape index (κ1) is 15.2. The maximum absolute atomic E-state index is 5.39. The van der Waals surface area contributed by atoms with Crippen molar-refractivity contribution in [2.45, 2.75) is 55.9 Å². The highest BCUT2D eigenvalue weighted by molar-refractivity contribution is 8.07. The molecule has 4 atom stereocenters. The molecule has 1 aliphatic rings. The van der Waals surface area contributed by atoms with Crippen molar-refractivity contribution in [3.05, 3.63) is 11.7 Å². The van der Waals surface area contributed by atoms with Crippen LogP contribution < -0.4 is 5.32 Å². The number of rotatable bonds is 5. The van der Waals surface area contributed by atoms with Crippen LogP contribution in [0.4, 0.5) is 0 Å². The van der Waals surface area contributed by atoms with Crippen LogP contribution in [0.15, 0.2) is 4.52 Å². The molecule has 0 saturated carbocycles. The summed E-state index contributed by atoms with van der Waals surface area (Å²) in [6.45, 7) is 9.76. The lowest BCUT2D eigenvalue weighted by Gasteiger charge is -2.29. The fourth-order valence-corrected chi connectivity index (χ4v) is 4.75. The number of hydrogen-bond acceptors (Lipinski definition) is 6. The Labute approximate surface area is 123 Å². The van der Waals surface area contributed by atoms with Crippen molar-refractivity contribution < 1.29 is 4.52 Å². The molecule has 4 unspecified atom stereocenters. The lowest BCUT2D eigenvalue weighted by molar-refractivity contribution is 0.336. The highest BCUT2D eigenvalue weighted by Crippen LogP contribution is 2.43. The van der Waals surface area contributed by atoms with Crippen molar-refractivity contribution in [1.29, 1.82) is 0 Å². The van der Waals surface area contributed by atoms with Crippen LogP contribution in [0.2, 0.25) is 0 Å². The number of hydrogen-bond donors (Lipinski definition) is 1. The highest BCUT2D eigenvalue weighted by Gasteiger charge is 2.30. The van der Waals surface area contributed by atoms with E-state index in [0.717, 1.165) is 24.5 Å². The number of nitrogens with zero attached hydrogens (tertiary/aromatic N) is 2. The Morgan fingerprint density at radius 1 is 1.42 bits per heavy atom. The van der Waals surface area contributed by atoms with Crippen LogP contribution in [-0.2, 0) is 0 Å². The van der Waals surface area contributed by atoms with Gasteiger partial charge in [-0.3, -0.25) is 0 Å². The highest BCUT2D eigenvalue weighted by atomic mass is 32.2. The monoisotopic (exact) mass is 301 g/mol. The van der Waals surface area contributed by atoms with E-state index in [4.69, 9.17) is 4.52 Å². The standard InChI is InChI=1S/C13H23N3OS2/c1-5-6-14-8(2)13-15-12(16-17-13)11-7-18-9(3)10(4)19-11/h8-11,14H,5-7H2,1-4H3. The van der Waals surface area contributed by atoms with Crippen LogP contribution in [0.5, 0.6) is 0 Å². The minimum atomic E-state index is 0.138. The number of aromatic nitrogens is 2.